The average molecular weight is 310 g/mol. The summed E-state index contributed by atoms with van der Waals surface area (Å²) in [7, 11) is 0. The van der Waals surface area contributed by atoms with E-state index < -0.39 is 0 Å². The summed E-state index contributed by atoms with van der Waals surface area (Å²) in [6.45, 7) is 11.6. The van der Waals surface area contributed by atoms with Gasteiger partial charge < -0.3 is 4.74 Å². The topological polar surface area (TPSA) is 42.4 Å². The molecule has 5 heteroatoms. The van der Waals surface area contributed by atoms with Crippen molar-refractivity contribution in [1.82, 2.24) is 9.88 Å². The Bertz CT molecular complexity index is 479. The Balaban J connectivity index is 1.93. The van der Waals surface area contributed by atoms with Crippen molar-refractivity contribution in [2.24, 2.45) is 5.92 Å². The molecule has 0 amide bonds. The number of carbonyl (C=O) groups excluding carboxylic acids is 1. The van der Waals surface area contributed by atoms with Gasteiger partial charge in [0.05, 0.1) is 23.2 Å². The minimum Gasteiger partial charge on any atom is -0.466 e. The molecule has 1 saturated heterocycles. The molecular formula is C16H26N2O2S. The van der Waals surface area contributed by atoms with E-state index in [-0.39, 0.29) is 17.3 Å². The highest BCUT2D eigenvalue weighted by Gasteiger charge is 2.27. The summed E-state index contributed by atoms with van der Waals surface area (Å²) < 4.78 is 5.15. The molecule has 1 aromatic rings. The lowest BCUT2D eigenvalue weighted by atomic mass is 9.98. The molecule has 1 aliphatic rings. The van der Waals surface area contributed by atoms with Gasteiger partial charge in [0.25, 0.3) is 0 Å². The molecule has 0 N–H and O–H groups in total. The van der Waals surface area contributed by atoms with Crippen LogP contribution in [0.5, 0.6) is 0 Å². The van der Waals surface area contributed by atoms with Crippen LogP contribution >= 0.6 is 11.3 Å². The van der Waals surface area contributed by atoms with Gasteiger partial charge in [0, 0.05) is 23.9 Å². The molecule has 1 aliphatic heterocycles. The molecule has 0 aromatic carbocycles. The Hall–Kier alpha value is -0.940. The van der Waals surface area contributed by atoms with Crippen LogP contribution in [0.15, 0.2) is 5.38 Å². The Morgan fingerprint density at radius 1 is 1.52 bits per heavy atom. The molecular weight excluding hydrogens is 284 g/mol. The lowest BCUT2D eigenvalue weighted by molar-refractivity contribution is -0.150. The smallest absolute Gasteiger partial charge is 0.310 e. The van der Waals surface area contributed by atoms with E-state index in [1.807, 2.05) is 6.92 Å². The minimum atomic E-state index is -0.0455. The normalized spacial score (nSPS) is 20.5. The zero-order chi connectivity index (χ0) is 15.5. The van der Waals surface area contributed by atoms with Crippen molar-refractivity contribution in [2.45, 2.75) is 52.5 Å². The van der Waals surface area contributed by atoms with Crippen LogP contribution in [-0.4, -0.2) is 35.5 Å². The standard InChI is InChI=1S/C16H26N2O2S/c1-5-20-14(19)12-7-6-8-18(9-12)10-13-11-21-15(17-13)16(2,3)4/h11-12H,5-10H2,1-4H3/t12-/m1/s1. The van der Waals surface area contributed by atoms with Gasteiger partial charge in [-0.1, -0.05) is 20.8 Å². The largest absolute Gasteiger partial charge is 0.466 e. The van der Waals surface area contributed by atoms with E-state index in [4.69, 9.17) is 9.72 Å². The first-order chi connectivity index (χ1) is 9.90. The highest BCUT2D eigenvalue weighted by molar-refractivity contribution is 7.09. The third kappa shape index (κ3) is 4.51. The van der Waals surface area contributed by atoms with E-state index in [9.17, 15) is 4.79 Å². The maximum Gasteiger partial charge on any atom is 0.310 e. The maximum atomic E-state index is 11.9. The Morgan fingerprint density at radius 2 is 2.29 bits per heavy atom. The minimum absolute atomic E-state index is 0.0272. The molecule has 2 heterocycles. The summed E-state index contributed by atoms with van der Waals surface area (Å²) in [6, 6.07) is 0. The Kier molecular flexibility index (Phi) is 5.38. The van der Waals surface area contributed by atoms with Crippen LogP contribution in [0.25, 0.3) is 0 Å². The maximum absolute atomic E-state index is 11.9. The van der Waals surface area contributed by atoms with Crippen molar-refractivity contribution in [2.75, 3.05) is 19.7 Å². The third-order valence-electron chi connectivity index (χ3n) is 3.70. The third-order valence-corrected chi connectivity index (χ3v) is 5.02. The number of carbonyl (C=O) groups is 1. The Labute approximate surface area is 131 Å². The number of hydrogen-bond donors (Lipinski definition) is 0. The van der Waals surface area contributed by atoms with Crippen LogP contribution in [0.4, 0.5) is 0 Å². The van der Waals surface area contributed by atoms with Crippen molar-refractivity contribution in [1.29, 1.82) is 0 Å². The van der Waals surface area contributed by atoms with E-state index in [0.29, 0.717) is 6.61 Å². The summed E-state index contributed by atoms with van der Waals surface area (Å²) in [5, 5.41) is 3.32. The van der Waals surface area contributed by atoms with E-state index in [1.165, 1.54) is 5.01 Å². The first-order valence-electron chi connectivity index (χ1n) is 7.74. The summed E-state index contributed by atoms with van der Waals surface area (Å²) in [5.41, 5.74) is 1.23. The van der Waals surface area contributed by atoms with E-state index in [1.54, 1.807) is 11.3 Å². The number of thiazole rings is 1. The monoisotopic (exact) mass is 310 g/mol. The number of likely N-dealkylation sites (tertiary alicyclic amines) is 1. The molecule has 0 saturated carbocycles. The number of esters is 1. The first kappa shape index (κ1) is 16.4. The molecule has 1 atom stereocenters. The van der Waals surface area contributed by atoms with Crippen LogP contribution in [0, 0.1) is 5.92 Å². The fraction of sp³-hybridized carbons (Fsp3) is 0.750. The molecule has 0 aliphatic carbocycles. The average Bonchev–Trinajstić information content (AvgIpc) is 2.88. The van der Waals surface area contributed by atoms with Gasteiger partial charge in [-0.05, 0) is 26.3 Å². The Morgan fingerprint density at radius 3 is 2.90 bits per heavy atom. The molecule has 0 bridgehead atoms. The van der Waals surface area contributed by atoms with Gasteiger partial charge in [-0.3, -0.25) is 9.69 Å². The molecule has 0 spiro atoms. The number of aromatic nitrogens is 1. The summed E-state index contributed by atoms with van der Waals surface area (Å²) in [5.74, 6) is -0.0183. The van der Waals surface area contributed by atoms with Crippen molar-refractivity contribution >= 4 is 17.3 Å². The number of piperidine rings is 1. The molecule has 2 rings (SSSR count). The second-order valence-corrected chi connectivity index (χ2v) is 7.58. The lowest BCUT2D eigenvalue weighted by Gasteiger charge is -2.30. The highest BCUT2D eigenvalue weighted by Crippen LogP contribution is 2.27. The van der Waals surface area contributed by atoms with Crippen LogP contribution in [0.1, 0.15) is 51.2 Å². The molecule has 4 nitrogen and oxygen atoms in total. The second-order valence-electron chi connectivity index (χ2n) is 6.72. The van der Waals surface area contributed by atoms with Crippen LogP contribution in [0.2, 0.25) is 0 Å². The molecule has 0 unspecified atom stereocenters. The zero-order valence-corrected chi connectivity index (χ0v) is 14.3. The van der Waals surface area contributed by atoms with Gasteiger partial charge in [0.2, 0.25) is 0 Å². The molecule has 1 aromatic heterocycles. The second kappa shape index (κ2) is 6.88. The molecule has 21 heavy (non-hydrogen) atoms. The fourth-order valence-corrected chi connectivity index (χ4v) is 3.50. The first-order valence-corrected chi connectivity index (χ1v) is 8.62. The van der Waals surface area contributed by atoms with Crippen molar-refractivity contribution < 1.29 is 9.53 Å². The number of nitrogens with zero attached hydrogens (tertiary/aromatic N) is 2. The number of ether oxygens (including phenoxy) is 1. The highest BCUT2D eigenvalue weighted by atomic mass is 32.1. The van der Waals surface area contributed by atoms with Gasteiger partial charge >= 0.3 is 5.97 Å². The fourth-order valence-electron chi connectivity index (χ4n) is 2.60. The van der Waals surface area contributed by atoms with Gasteiger partial charge in [-0.25, -0.2) is 4.98 Å². The van der Waals surface area contributed by atoms with Crippen LogP contribution < -0.4 is 0 Å². The predicted octanol–water partition coefficient (Wildman–Crippen LogP) is 3.22. The summed E-state index contributed by atoms with van der Waals surface area (Å²) in [4.78, 5) is 18.9. The summed E-state index contributed by atoms with van der Waals surface area (Å²) in [6.07, 6.45) is 2.00. The van der Waals surface area contributed by atoms with E-state index in [2.05, 4.69) is 31.1 Å². The SMILES string of the molecule is CCOC(=O)[C@@H]1CCCN(Cc2csc(C(C)(C)C)n2)C1. The van der Waals surface area contributed by atoms with Gasteiger partial charge in [0.1, 0.15) is 0 Å². The van der Waals surface area contributed by atoms with Crippen LogP contribution in [0.3, 0.4) is 0 Å². The molecule has 1 fully saturated rings. The molecule has 118 valence electrons. The summed E-state index contributed by atoms with van der Waals surface area (Å²) >= 11 is 1.73. The van der Waals surface area contributed by atoms with E-state index in [0.717, 1.165) is 38.2 Å². The van der Waals surface area contributed by atoms with Gasteiger partial charge in [0.15, 0.2) is 0 Å². The van der Waals surface area contributed by atoms with Crippen molar-refractivity contribution in [3.05, 3.63) is 16.1 Å². The zero-order valence-electron chi connectivity index (χ0n) is 13.5. The van der Waals surface area contributed by atoms with Crippen molar-refractivity contribution in [3.63, 3.8) is 0 Å². The molecule has 0 radical (unpaired) electrons. The number of rotatable bonds is 4. The van der Waals surface area contributed by atoms with Gasteiger partial charge in [-0.15, -0.1) is 11.3 Å². The predicted molar refractivity (Wildman–Crippen MR) is 85.4 cm³/mol. The van der Waals surface area contributed by atoms with Gasteiger partial charge in [-0.2, -0.15) is 0 Å². The van der Waals surface area contributed by atoms with E-state index >= 15 is 0 Å². The van der Waals surface area contributed by atoms with Crippen molar-refractivity contribution in [3.8, 4) is 0 Å². The number of hydrogen-bond acceptors (Lipinski definition) is 5. The van der Waals surface area contributed by atoms with Crippen LogP contribution in [-0.2, 0) is 21.5 Å². The quantitative estimate of drug-likeness (QED) is 0.801. The lowest BCUT2D eigenvalue weighted by Crippen LogP contribution is -2.39.